The van der Waals surface area contributed by atoms with Gasteiger partial charge in [0, 0.05) is 32.7 Å². The Morgan fingerprint density at radius 3 is 2.86 bits per heavy atom. The summed E-state index contributed by atoms with van der Waals surface area (Å²) in [5.41, 5.74) is 0.885. The van der Waals surface area contributed by atoms with E-state index in [1.54, 1.807) is 7.11 Å². The lowest BCUT2D eigenvalue weighted by atomic mass is 10.2. The van der Waals surface area contributed by atoms with Gasteiger partial charge in [0.15, 0.2) is 5.13 Å². The zero-order chi connectivity index (χ0) is 15.1. The largest absolute Gasteiger partial charge is 0.385 e. The number of nitrogens with one attached hydrogen (secondary N) is 1. The Labute approximate surface area is 129 Å². The van der Waals surface area contributed by atoms with E-state index in [1.807, 2.05) is 29.1 Å². The van der Waals surface area contributed by atoms with Crippen LogP contribution in [0.5, 0.6) is 0 Å². The van der Waals surface area contributed by atoms with E-state index in [-0.39, 0.29) is 5.91 Å². The average Bonchev–Trinajstić information content (AvgIpc) is 3.12. The van der Waals surface area contributed by atoms with Crippen molar-refractivity contribution in [3.63, 3.8) is 0 Å². The molecule has 1 N–H and O–H groups in total. The molecule has 0 aromatic carbocycles. The van der Waals surface area contributed by atoms with Gasteiger partial charge in [0.2, 0.25) is 0 Å². The quantitative estimate of drug-likeness (QED) is 0.763. The number of rotatable bonds is 8. The minimum absolute atomic E-state index is 0.0366. The fourth-order valence-electron chi connectivity index (χ4n) is 1.99. The van der Waals surface area contributed by atoms with Crippen LogP contribution >= 0.6 is 11.3 Å². The first-order chi connectivity index (χ1) is 10.3. The molecule has 6 heteroatoms. The van der Waals surface area contributed by atoms with E-state index in [4.69, 9.17) is 4.74 Å². The van der Waals surface area contributed by atoms with E-state index < -0.39 is 0 Å². The van der Waals surface area contributed by atoms with E-state index in [1.165, 1.54) is 11.3 Å². The first kappa shape index (κ1) is 15.7. The number of ether oxygens (including phenoxy) is 1. The molecule has 0 unspecified atom stereocenters. The van der Waals surface area contributed by atoms with Crippen LogP contribution in [0.1, 0.15) is 35.1 Å². The molecule has 0 fully saturated rings. The highest BCUT2D eigenvalue weighted by Crippen LogP contribution is 2.23. The molecule has 0 atom stereocenters. The summed E-state index contributed by atoms with van der Waals surface area (Å²) >= 11 is 1.44. The maximum absolute atomic E-state index is 12.3. The van der Waals surface area contributed by atoms with Crippen molar-refractivity contribution in [3.8, 4) is 5.13 Å². The fourth-order valence-corrected chi connectivity index (χ4v) is 2.99. The Morgan fingerprint density at radius 2 is 2.19 bits per heavy atom. The van der Waals surface area contributed by atoms with Crippen LogP contribution in [0.25, 0.3) is 5.13 Å². The molecule has 1 amide bonds. The number of carbonyl (C=O) groups excluding carboxylic acids is 1. The van der Waals surface area contributed by atoms with Gasteiger partial charge in [-0.3, -0.25) is 4.79 Å². The Balaban J connectivity index is 2.11. The molecule has 0 radical (unpaired) electrons. The summed E-state index contributed by atoms with van der Waals surface area (Å²) in [5.74, 6) is -0.0366. The van der Waals surface area contributed by atoms with Crippen LogP contribution in [0.15, 0.2) is 24.5 Å². The summed E-state index contributed by atoms with van der Waals surface area (Å²) in [4.78, 5) is 17.6. The monoisotopic (exact) mass is 307 g/mol. The number of hydrogen-bond donors (Lipinski definition) is 1. The van der Waals surface area contributed by atoms with Gasteiger partial charge in [0.1, 0.15) is 4.88 Å². The maximum Gasteiger partial charge on any atom is 0.263 e. The van der Waals surface area contributed by atoms with Crippen LogP contribution in [-0.2, 0) is 11.2 Å². The van der Waals surface area contributed by atoms with Crippen LogP contribution in [0.4, 0.5) is 0 Å². The van der Waals surface area contributed by atoms with E-state index in [0.717, 1.165) is 35.0 Å². The van der Waals surface area contributed by atoms with Gasteiger partial charge >= 0.3 is 0 Å². The van der Waals surface area contributed by atoms with E-state index in [9.17, 15) is 4.79 Å². The molecule has 0 bridgehead atoms. The lowest BCUT2D eigenvalue weighted by Gasteiger charge is -2.04. The maximum atomic E-state index is 12.3. The molecule has 0 aliphatic rings. The van der Waals surface area contributed by atoms with Gasteiger partial charge in [-0.05, 0) is 25.0 Å². The molecule has 0 saturated carbocycles. The van der Waals surface area contributed by atoms with E-state index in [0.29, 0.717) is 13.2 Å². The highest BCUT2D eigenvalue weighted by Gasteiger charge is 2.17. The SMILES string of the molecule is CCCc1nc(-n2cccc2)sc1C(=O)NCCCOC. The van der Waals surface area contributed by atoms with E-state index >= 15 is 0 Å². The van der Waals surface area contributed by atoms with Gasteiger partial charge in [0.25, 0.3) is 5.91 Å². The molecule has 2 rings (SSSR count). The molecular weight excluding hydrogens is 286 g/mol. The molecule has 2 aromatic rings. The number of aryl methyl sites for hydroxylation is 1. The summed E-state index contributed by atoms with van der Waals surface area (Å²) in [6, 6.07) is 3.90. The van der Waals surface area contributed by atoms with Crippen molar-refractivity contribution in [1.29, 1.82) is 0 Å². The summed E-state index contributed by atoms with van der Waals surface area (Å²) in [6.45, 7) is 3.36. The lowest BCUT2D eigenvalue weighted by molar-refractivity contribution is 0.0951. The highest BCUT2D eigenvalue weighted by molar-refractivity contribution is 7.16. The zero-order valence-electron chi connectivity index (χ0n) is 12.5. The molecule has 5 nitrogen and oxygen atoms in total. The number of amides is 1. The Hall–Kier alpha value is -1.66. The van der Waals surface area contributed by atoms with Crippen LogP contribution in [-0.4, -0.2) is 35.7 Å². The van der Waals surface area contributed by atoms with Crippen molar-refractivity contribution < 1.29 is 9.53 Å². The third-order valence-electron chi connectivity index (χ3n) is 3.02. The summed E-state index contributed by atoms with van der Waals surface area (Å²) in [6.07, 6.45) is 6.48. The molecule has 21 heavy (non-hydrogen) atoms. The van der Waals surface area contributed by atoms with Gasteiger partial charge in [-0.2, -0.15) is 0 Å². The summed E-state index contributed by atoms with van der Waals surface area (Å²) in [5, 5.41) is 3.77. The third kappa shape index (κ3) is 4.15. The second kappa shape index (κ2) is 7.95. The Kier molecular flexibility index (Phi) is 5.95. The summed E-state index contributed by atoms with van der Waals surface area (Å²) in [7, 11) is 1.66. The van der Waals surface area contributed by atoms with Crippen LogP contribution in [0.2, 0.25) is 0 Å². The van der Waals surface area contributed by atoms with Crippen LogP contribution in [0.3, 0.4) is 0 Å². The molecule has 0 spiro atoms. The molecule has 2 aromatic heterocycles. The molecule has 0 aliphatic heterocycles. The number of methoxy groups -OCH3 is 1. The van der Waals surface area contributed by atoms with Crippen molar-refractivity contribution in [2.75, 3.05) is 20.3 Å². The number of carbonyl (C=O) groups is 1. The minimum atomic E-state index is -0.0366. The molecule has 2 heterocycles. The Morgan fingerprint density at radius 1 is 1.43 bits per heavy atom. The van der Waals surface area contributed by atoms with Crippen molar-refractivity contribution in [1.82, 2.24) is 14.9 Å². The van der Waals surface area contributed by atoms with Gasteiger partial charge in [0.05, 0.1) is 5.69 Å². The van der Waals surface area contributed by atoms with Crippen LogP contribution in [0, 0.1) is 0 Å². The first-order valence-electron chi connectivity index (χ1n) is 7.16. The van der Waals surface area contributed by atoms with Crippen molar-refractivity contribution in [2.45, 2.75) is 26.2 Å². The number of aromatic nitrogens is 2. The van der Waals surface area contributed by atoms with Crippen molar-refractivity contribution in [2.24, 2.45) is 0 Å². The zero-order valence-corrected chi connectivity index (χ0v) is 13.3. The third-order valence-corrected chi connectivity index (χ3v) is 4.13. The average molecular weight is 307 g/mol. The number of nitrogens with zero attached hydrogens (tertiary/aromatic N) is 2. The first-order valence-corrected chi connectivity index (χ1v) is 7.98. The predicted octanol–water partition coefficient (Wildman–Crippen LogP) is 2.65. The van der Waals surface area contributed by atoms with Crippen LogP contribution < -0.4 is 5.32 Å². The van der Waals surface area contributed by atoms with Gasteiger partial charge in [-0.15, -0.1) is 0 Å². The lowest BCUT2D eigenvalue weighted by Crippen LogP contribution is -2.25. The smallest absolute Gasteiger partial charge is 0.263 e. The topological polar surface area (TPSA) is 56.2 Å². The Bertz CT molecular complexity index is 563. The standard InChI is InChI=1S/C15H21N3O2S/c1-3-7-12-13(14(19)16-8-6-11-20-2)21-15(17-12)18-9-4-5-10-18/h4-5,9-10H,3,6-8,11H2,1-2H3,(H,16,19). The van der Waals surface area contributed by atoms with Crippen molar-refractivity contribution in [3.05, 3.63) is 35.1 Å². The highest BCUT2D eigenvalue weighted by atomic mass is 32.1. The van der Waals surface area contributed by atoms with Gasteiger partial charge in [-0.25, -0.2) is 4.98 Å². The fraction of sp³-hybridized carbons (Fsp3) is 0.467. The summed E-state index contributed by atoms with van der Waals surface area (Å²) < 4.78 is 6.92. The minimum Gasteiger partial charge on any atom is -0.385 e. The normalized spacial score (nSPS) is 10.8. The van der Waals surface area contributed by atoms with Crippen molar-refractivity contribution >= 4 is 17.2 Å². The second-order valence-electron chi connectivity index (χ2n) is 4.71. The van der Waals surface area contributed by atoms with Gasteiger partial charge < -0.3 is 14.6 Å². The molecule has 114 valence electrons. The molecule has 0 saturated heterocycles. The van der Waals surface area contributed by atoms with E-state index in [2.05, 4.69) is 17.2 Å². The molecule has 0 aliphatic carbocycles. The second-order valence-corrected chi connectivity index (χ2v) is 5.69. The molecular formula is C15H21N3O2S. The number of thiazole rings is 1. The number of hydrogen-bond acceptors (Lipinski definition) is 4. The van der Waals surface area contributed by atoms with Gasteiger partial charge in [-0.1, -0.05) is 24.7 Å². The predicted molar refractivity (Wildman–Crippen MR) is 84.3 cm³/mol.